The van der Waals surface area contributed by atoms with Gasteiger partial charge in [0.15, 0.2) is 6.61 Å². The predicted molar refractivity (Wildman–Crippen MR) is 126 cm³/mol. The number of benzene rings is 2. The Balaban J connectivity index is 1.55. The number of imide groups is 1. The molecule has 3 aromatic rings. The number of fused-ring (bicyclic) bond motifs is 1. The van der Waals surface area contributed by atoms with Crippen molar-refractivity contribution in [1.82, 2.24) is 9.88 Å². The summed E-state index contributed by atoms with van der Waals surface area (Å²) in [5.74, 6) is -0.216. The van der Waals surface area contributed by atoms with Gasteiger partial charge in [-0.1, -0.05) is 24.3 Å². The van der Waals surface area contributed by atoms with Crippen LogP contribution in [0.25, 0.3) is 0 Å². The first kappa shape index (κ1) is 23.9. The number of nitriles is 1. The summed E-state index contributed by atoms with van der Waals surface area (Å²) in [7, 11) is 0. The zero-order chi connectivity index (χ0) is 25.2. The van der Waals surface area contributed by atoms with Crippen LogP contribution in [0.2, 0.25) is 0 Å². The Morgan fingerprint density at radius 1 is 1.06 bits per heavy atom. The lowest BCUT2D eigenvalue weighted by Gasteiger charge is -2.16. The average molecular weight is 472 g/mol. The highest BCUT2D eigenvalue weighted by Crippen LogP contribution is 2.22. The molecule has 1 aliphatic heterocycles. The van der Waals surface area contributed by atoms with E-state index in [1.54, 1.807) is 57.2 Å². The topological polar surface area (TPSA) is 107 Å². The molecule has 35 heavy (non-hydrogen) atoms. The first-order valence-electron chi connectivity index (χ1n) is 11.4. The number of carbonyl (C=O) groups is 3. The van der Waals surface area contributed by atoms with Crippen molar-refractivity contribution in [3.8, 4) is 6.07 Å². The SMILES string of the molecule is CC(C)(C)C(=O)OCc1[nH]cc(CCN2C(=O)c3ccccc3C2=O)[n+]1Cc1ccc(C#N)cc1. The fraction of sp³-hybridized carbons (Fsp3) is 0.296. The first-order chi connectivity index (χ1) is 16.7. The molecule has 0 radical (unpaired) electrons. The molecule has 1 aliphatic rings. The standard InChI is InChI=1S/C27H26N4O4/c1-27(2,3)26(34)35-17-23-29-15-20(31(23)16-19-10-8-18(14-28)9-11-19)12-13-30-24(32)21-6-4-5-7-22(21)25(30)33/h4-11,15H,12-13,16-17H2,1-3H3/p+1. The van der Waals surface area contributed by atoms with E-state index in [1.165, 1.54) is 4.90 Å². The highest BCUT2D eigenvalue weighted by molar-refractivity contribution is 6.21. The monoisotopic (exact) mass is 471 g/mol. The number of imidazole rings is 1. The molecule has 0 unspecified atom stereocenters. The van der Waals surface area contributed by atoms with Crippen LogP contribution in [0.15, 0.2) is 54.7 Å². The summed E-state index contributed by atoms with van der Waals surface area (Å²) in [6.45, 7) is 6.13. The van der Waals surface area contributed by atoms with E-state index in [0.717, 1.165) is 11.3 Å². The van der Waals surface area contributed by atoms with Crippen molar-refractivity contribution in [2.24, 2.45) is 5.41 Å². The number of rotatable bonds is 7. The second-order valence-electron chi connectivity index (χ2n) is 9.51. The average Bonchev–Trinajstić information content (AvgIpc) is 3.33. The number of esters is 1. The van der Waals surface area contributed by atoms with Gasteiger partial charge >= 0.3 is 5.97 Å². The molecule has 8 heteroatoms. The highest BCUT2D eigenvalue weighted by atomic mass is 16.5. The third-order valence-corrected chi connectivity index (χ3v) is 5.92. The summed E-state index contributed by atoms with van der Waals surface area (Å²) in [6.07, 6.45) is 2.23. The van der Waals surface area contributed by atoms with Crippen LogP contribution < -0.4 is 4.57 Å². The molecule has 4 rings (SSSR count). The normalized spacial score (nSPS) is 13.0. The minimum atomic E-state index is -0.626. The first-order valence-corrected chi connectivity index (χ1v) is 11.4. The van der Waals surface area contributed by atoms with Gasteiger partial charge in [0.05, 0.1) is 28.2 Å². The van der Waals surface area contributed by atoms with Gasteiger partial charge in [0.25, 0.3) is 17.6 Å². The summed E-state index contributed by atoms with van der Waals surface area (Å²) < 4.78 is 7.50. The Kier molecular flexibility index (Phi) is 6.52. The van der Waals surface area contributed by atoms with E-state index in [0.29, 0.717) is 35.5 Å². The van der Waals surface area contributed by atoms with Crippen molar-refractivity contribution in [2.45, 2.75) is 40.3 Å². The zero-order valence-electron chi connectivity index (χ0n) is 20.0. The van der Waals surface area contributed by atoms with Crippen molar-refractivity contribution in [1.29, 1.82) is 5.26 Å². The van der Waals surface area contributed by atoms with Gasteiger partial charge in [-0.05, 0) is 50.6 Å². The Labute approximate surface area is 203 Å². The Hall–Kier alpha value is -4.25. The third kappa shape index (κ3) is 4.99. The van der Waals surface area contributed by atoms with Crippen LogP contribution in [0.5, 0.6) is 0 Å². The number of carbonyl (C=O) groups excluding carboxylic acids is 3. The van der Waals surface area contributed by atoms with Crippen LogP contribution in [0.3, 0.4) is 0 Å². The molecule has 0 fully saturated rings. The van der Waals surface area contributed by atoms with Crippen molar-refractivity contribution in [3.63, 3.8) is 0 Å². The summed E-state index contributed by atoms with van der Waals surface area (Å²) in [5, 5.41) is 9.07. The second kappa shape index (κ2) is 9.55. The number of aromatic nitrogens is 2. The zero-order valence-corrected chi connectivity index (χ0v) is 20.0. The molecule has 1 aromatic heterocycles. The molecule has 178 valence electrons. The summed E-state index contributed by atoms with van der Waals surface area (Å²) >= 11 is 0. The molecule has 0 spiro atoms. The van der Waals surface area contributed by atoms with Crippen LogP contribution in [0.1, 0.15) is 64.1 Å². The Bertz CT molecular complexity index is 1290. The Morgan fingerprint density at radius 2 is 1.69 bits per heavy atom. The van der Waals surface area contributed by atoms with E-state index < -0.39 is 5.41 Å². The summed E-state index contributed by atoms with van der Waals surface area (Å²) in [6, 6.07) is 16.2. The maximum Gasteiger partial charge on any atom is 0.311 e. The molecule has 0 bridgehead atoms. The lowest BCUT2D eigenvalue weighted by atomic mass is 9.97. The molecule has 8 nitrogen and oxygen atoms in total. The lowest BCUT2D eigenvalue weighted by Crippen LogP contribution is -2.43. The molecular formula is C27H27N4O4+. The lowest BCUT2D eigenvalue weighted by molar-refractivity contribution is -0.703. The van der Waals surface area contributed by atoms with Crippen molar-refractivity contribution in [3.05, 3.63) is 88.5 Å². The van der Waals surface area contributed by atoms with Crippen molar-refractivity contribution >= 4 is 17.8 Å². The minimum absolute atomic E-state index is 0.0550. The van der Waals surface area contributed by atoms with Crippen LogP contribution in [0.4, 0.5) is 0 Å². The van der Waals surface area contributed by atoms with Crippen LogP contribution in [-0.2, 0) is 29.1 Å². The Morgan fingerprint density at radius 3 is 2.26 bits per heavy atom. The van der Waals surface area contributed by atoms with E-state index in [1.807, 2.05) is 22.9 Å². The van der Waals surface area contributed by atoms with Crippen LogP contribution >= 0.6 is 0 Å². The van der Waals surface area contributed by atoms with Crippen molar-refractivity contribution in [2.75, 3.05) is 6.54 Å². The van der Waals surface area contributed by atoms with Gasteiger partial charge in [-0.2, -0.15) is 5.26 Å². The molecule has 0 atom stereocenters. The number of nitrogens with one attached hydrogen (secondary N) is 1. The predicted octanol–water partition coefficient (Wildman–Crippen LogP) is 3.15. The van der Waals surface area contributed by atoms with Gasteiger partial charge in [-0.25, -0.2) is 9.55 Å². The van der Waals surface area contributed by atoms with E-state index in [9.17, 15) is 14.4 Å². The number of H-pyrrole nitrogens is 1. The summed E-state index contributed by atoms with van der Waals surface area (Å²) in [5.41, 5.74) is 2.60. The van der Waals surface area contributed by atoms with E-state index in [4.69, 9.17) is 10.00 Å². The molecule has 1 N–H and O–H groups in total. The molecule has 0 saturated carbocycles. The molecule has 2 heterocycles. The fourth-order valence-corrected chi connectivity index (χ4v) is 3.91. The number of aromatic amines is 1. The maximum absolute atomic E-state index is 12.7. The number of ether oxygens (including phenoxy) is 1. The van der Waals surface area contributed by atoms with Gasteiger partial charge < -0.3 is 4.74 Å². The van der Waals surface area contributed by atoms with Crippen LogP contribution in [0, 0.1) is 16.7 Å². The third-order valence-electron chi connectivity index (χ3n) is 5.92. The number of hydrogen-bond donors (Lipinski definition) is 1. The number of nitrogens with zero attached hydrogens (tertiary/aromatic N) is 3. The van der Waals surface area contributed by atoms with Gasteiger partial charge in [0, 0.05) is 13.0 Å². The molecule has 2 amide bonds. The smallest absolute Gasteiger partial charge is 0.311 e. The highest BCUT2D eigenvalue weighted by Gasteiger charge is 2.35. The van der Waals surface area contributed by atoms with Gasteiger partial charge in [-0.15, -0.1) is 0 Å². The quantitative estimate of drug-likeness (QED) is 0.324. The van der Waals surface area contributed by atoms with E-state index in [2.05, 4.69) is 11.1 Å². The fourth-order valence-electron chi connectivity index (χ4n) is 3.91. The molecule has 0 aliphatic carbocycles. The van der Waals surface area contributed by atoms with E-state index in [-0.39, 0.29) is 30.9 Å². The minimum Gasteiger partial charge on any atom is -0.452 e. The summed E-state index contributed by atoms with van der Waals surface area (Å²) in [4.78, 5) is 42.3. The maximum atomic E-state index is 12.7. The molecule has 2 aromatic carbocycles. The van der Waals surface area contributed by atoms with Crippen molar-refractivity contribution < 1.29 is 23.7 Å². The number of amides is 2. The van der Waals surface area contributed by atoms with Gasteiger partial charge in [0.1, 0.15) is 18.4 Å². The van der Waals surface area contributed by atoms with Gasteiger partial charge in [-0.3, -0.25) is 19.3 Å². The molecular weight excluding hydrogens is 444 g/mol. The molecule has 0 saturated heterocycles. The number of hydrogen-bond acceptors (Lipinski definition) is 5. The van der Waals surface area contributed by atoms with E-state index >= 15 is 0 Å². The second-order valence-corrected chi connectivity index (χ2v) is 9.51. The van der Waals surface area contributed by atoms with Crippen LogP contribution in [-0.4, -0.2) is 34.2 Å². The largest absolute Gasteiger partial charge is 0.452 e. The van der Waals surface area contributed by atoms with Gasteiger partial charge in [0.2, 0.25) is 0 Å².